The molecule has 2 aromatic heterocycles. The Hall–Kier alpha value is -2.87. The van der Waals surface area contributed by atoms with E-state index in [0.29, 0.717) is 55.8 Å². The summed E-state index contributed by atoms with van der Waals surface area (Å²) in [5.74, 6) is -0.0867. The van der Waals surface area contributed by atoms with E-state index in [2.05, 4.69) is 10.3 Å². The van der Waals surface area contributed by atoms with Gasteiger partial charge in [0.25, 0.3) is 5.91 Å². The Bertz CT molecular complexity index is 1110. The van der Waals surface area contributed by atoms with E-state index in [-0.39, 0.29) is 5.91 Å². The largest absolute Gasteiger partial charge is 0.431 e. The molecule has 1 fully saturated rings. The number of para-hydroxylation sites is 1. The van der Waals surface area contributed by atoms with Crippen molar-refractivity contribution in [2.45, 2.75) is 31.1 Å². The molecule has 0 aliphatic carbocycles. The van der Waals surface area contributed by atoms with Crippen molar-refractivity contribution in [3.63, 3.8) is 0 Å². The highest BCUT2D eigenvalue weighted by Gasteiger charge is 2.44. The van der Waals surface area contributed by atoms with Crippen LogP contribution in [-0.4, -0.2) is 40.0 Å². The lowest BCUT2D eigenvalue weighted by Crippen LogP contribution is -2.56. The van der Waals surface area contributed by atoms with E-state index in [1.54, 1.807) is 23.2 Å². The van der Waals surface area contributed by atoms with Crippen LogP contribution in [0.3, 0.4) is 0 Å². The van der Waals surface area contributed by atoms with Crippen molar-refractivity contribution in [1.82, 2.24) is 19.8 Å². The van der Waals surface area contributed by atoms with Crippen LogP contribution in [0.2, 0.25) is 0 Å². The van der Waals surface area contributed by atoms with Crippen LogP contribution in [-0.2, 0) is 18.3 Å². The predicted octanol–water partition coefficient (Wildman–Crippen LogP) is 3.79. The minimum Gasteiger partial charge on any atom is -0.338 e. The molecule has 0 saturated carbocycles. The summed E-state index contributed by atoms with van der Waals surface area (Å²) in [6.45, 7) is 1.72. The molecule has 3 aromatic rings. The molecule has 30 heavy (non-hydrogen) atoms. The van der Waals surface area contributed by atoms with Gasteiger partial charge in [-0.05, 0) is 37.1 Å². The number of carbonyl (C=O) groups is 1. The number of fused-ring (bicyclic) bond motifs is 3. The topological polar surface area (TPSA) is 50.2 Å². The van der Waals surface area contributed by atoms with Crippen LogP contribution >= 0.6 is 0 Å². The standard InChI is InChI=1S/C22H21F3N4O/c23-22(24,25)18-7-6-17-21(27-11-14-29(17)18)8-12-28(13-9-21)20(30)16-5-1-3-15-4-2-10-26-19(15)16/h1-7,10,27H,8-9,11-14H2. The summed E-state index contributed by atoms with van der Waals surface area (Å²) in [6.07, 6.45) is -1.56. The summed E-state index contributed by atoms with van der Waals surface area (Å²) >= 11 is 0. The van der Waals surface area contributed by atoms with Crippen LogP contribution in [0.25, 0.3) is 10.9 Å². The number of benzene rings is 1. The van der Waals surface area contributed by atoms with Crippen molar-refractivity contribution in [1.29, 1.82) is 0 Å². The third kappa shape index (κ3) is 2.98. The zero-order valence-electron chi connectivity index (χ0n) is 16.2. The lowest BCUT2D eigenvalue weighted by molar-refractivity contribution is -0.144. The number of aromatic nitrogens is 2. The lowest BCUT2D eigenvalue weighted by atomic mass is 9.83. The average molecular weight is 414 g/mol. The first-order chi connectivity index (χ1) is 14.4. The van der Waals surface area contributed by atoms with Crippen LogP contribution in [0.5, 0.6) is 0 Å². The molecule has 5 rings (SSSR count). The zero-order valence-corrected chi connectivity index (χ0v) is 16.2. The van der Waals surface area contributed by atoms with Crippen LogP contribution < -0.4 is 5.32 Å². The number of hydrogen-bond donors (Lipinski definition) is 1. The Morgan fingerprint density at radius 3 is 2.57 bits per heavy atom. The highest BCUT2D eigenvalue weighted by atomic mass is 19.4. The first kappa shape index (κ1) is 19.1. The van der Waals surface area contributed by atoms with Gasteiger partial charge >= 0.3 is 6.18 Å². The second-order valence-electron chi connectivity index (χ2n) is 7.93. The Morgan fingerprint density at radius 2 is 1.80 bits per heavy atom. The third-order valence-electron chi connectivity index (χ3n) is 6.33. The summed E-state index contributed by atoms with van der Waals surface area (Å²) in [5, 5.41) is 4.35. The van der Waals surface area contributed by atoms with Crippen LogP contribution in [0.4, 0.5) is 13.2 Å². The molecule has 2 aliphatic rings. The first-order valence-electron chi connectivity index (χ1n) is 10.0. The van der Waals surface area contributed by atoms with Gasteiger partial charge in [0.05, 0.1) is 16.6 Å². The molecule has 156 valence electrons. The second-order valence-corrected chi connectivity index (χ2v) is 7.93. The zero-order chi connectivity index (χ0) is 20.9. The second kappa shape index (κ2) is 6.84. The van der Waals surface area contributed by atoms with E-state index in [1.165, 1.54) is 10.6 Å². The van der Waals surface area contributed by atoms with E-state index < -0.39 is 17.4 Å². The quantitative estimate of drug-likeness (QED) is 0.659. The van der Waals surface area contributed by atoms with Crippen LogP contribution in [0.1, 0.15) is 34.6 Å². The van der Waals surface area contributed by atoms with Gasteiger partial charge in [-0.2, -0.15) is 13.2 Å². The highest BCUT2D eigenvalue weighted by Crippen LogP contribution is 2.40. The summed E-state index contributed by atoms with van der Waals surface area (Å²) < 4.78 is 41.4. The third-order valence-corrected chi connectivity index (χ3v) is 6.33. The van der Waals surface area contributed by atoms with Crippen LogP contribution in [0.15, 0.2) is 48.7 Å². The SMILES string of the molecule is O=C(c1cccc2cccnc12)N1CCC2(CC1)NCCn1c(C(F)(F)F)ccc12. The van der Waals surface area contributed by atoms with Gasteiger partial charge in [0, 0.05) is 43.5 Å². The number of nitrogens with one attached hydrogen (secondary N) is 1. The fourth-order valence-electron chi connectivity index (χ4n) is 4.84. The van der Waals surface area contributed by atoms with Gasteiger partial charge in [-0.25, -0.2) is 0 Å². The number of alkyl halides is 3. The predicted molar refractivity (Wildman–Crippen MR) is 106 cm³/mol. The Kier molecular flexibility index (Phi) is 4.36. The monoisotopic (exact) mass is 414 g/mol. The molecular formula is C22H21F3N4O. The number of pyridine rings is 1. The molecule has 5 nitrogen and oxygen atoms in total. The van der Waals surface area contributed by atoms with Crippen molar-refractivity contribution < 1.29 is 18.0 Å². The minimum absolute atomic E-state index is 0.0867. The number of nitrogens with zero attached hydrogens (tertiary/aromatic N) is 3. The molecule has 1 N–H and O–H groups in total. The van der Waals surface area contributed by atoms with Gasteiger partial charge in [0.2, 0.25) is 0 Å². The normalized spacial score (nSPS) is 18.6. The highest BCUT2D eigenvalue weighted by molar-refractivity contribution is 6.05. The maximum atomic E-state index is 13.3. The van der Waals surface area contributed by atoms with E-state index >= 15 is 0 Å². The molecule has 8 heteroatoms. The Morgan fingerprint density at radius 1 is 1.03 bits per heavy atom. The minimum atomic E-state index is -4.37. The Balaban J connectivity index is 1.40. The molecule has 0 radical (unpaired) electrons. The van der Waals surface area contributed by atoms with Crippen molar-refractivity contribution in [3.05, 3.63) is 65.6 Å². The van der Waals surface area contributed by atoms with Crippen LogP contribution in [0, 0.1) is 0 Å². The molecule has 0 atom stereocenters. The van der Waals surface area contributed by atoms with Gasteiger partial charge in [0.1, 0.15) is 5.69 Å². The van der Waals surface area contributed by atoms with Crippen molar-refractivity contribution in [2.75, 3.05) is 19.6 Å². The molecule has 0 unspecified atom stereocenters. The molecule has 1 saturated heterocycles. The lowest BCUT2D eigenvalue weighted by Gasteiger charge is -2.45. The first-order valence-corrected chi connectivity index (χ1v) is 10.0. The molecule has 1 aromatic carbocycles. The van der Waals surface area contributed by atoms with E-state index in [9.17, 15) is 18.0 Å². The smallest absolute Gasteiger partial charge is 0.338 e. The van der Waals surface area contributed by atoms with E-state index in [0.717, 1.165) is 5.39 Å². The number of hydrogen-bond acceptors (Lipinski definition) is 3. The van der Waals surface area contributed by atoms with Gasteiger partial charge < -0.3 is 14.8 Å². The van der Waals surface area contributed by atoms with E-state index in [1.807, 2.05) is 24.3 Å². The number of amides is 1. The molecular weight excluding hydrogens is 393 g/mol. The summed E-state index contributed by atoms with van der Waals surface area (Å²) in [4.78, 5) is 19.3. The molecule has 1 spiro atoms. The molecule has 1 amide bonds. The van der Waals surface area contributed by atoms with Gasteiger partial charge in [-0.1, -0.05) is 18.2 Å². The number of halogens is 3. The van der Waals surface area contributed by atoms with Gasteiger partial charge in [-0.3, -0.25) is 9.78 Å². The van der Waals surface area contributed by atoms with Crippen molar-refractivity contribution in [3.8, 4) is 0 Å². The average Bonchev–Trinajstić information content (AvgIpc) is 3.20. The Labute approximate surface area is 171 Å². The van der Waals surface area contributed by atoms with Crippen molar-refractivity contribution >= 4 is 16.8 Å². The maximum absolute atomic E-state index is 13.3. The fourth-order valence-corrected chi connectivity index (χ4v) is 4.84. The number of likely N-dealkylation sites (tertiary alicyclic amines) is 1. The summed E-state index contributed by atoms with van der Waals surface area (Å²) in [5.41, 5.74) is 0.766. The molecule has 2 aliphatic heterocycles. The fraction of sp³-hybridized carbons (Fsp3) is 0.364. The summed E-state index contributed by atoms with van der Waals surface area (Å²) in [7, 11) is 0. The number of carbonyl (C=O) groups excluding carboxylic acids is 1. The molecule has 0 bridgehead atoms. The number of rotatable bonds is 1. The number of piperidine rings is 1. The van der Waals surface area contributed by atoms with Crippen molar-refractivity contribution in [2.24, 2.45) is 0 Å². The maximum Gasteiger partial charge on any atom is 0.431 e. The van der Waals surface area contributed by atoms with Gasteiger partial charge in [-0.15, -0.1) is 0 Å². The molecule has 4 heterocycles. The van der Waals surface area contributed by atoms with E-state index in [4.69, 9.17) is 0 Å². The van der Waals surface area contributed by atoms with Gasteiger partial charge in [0.15, 0.2) is 0 Å². The summed E-state index contributed by atoms with van der Waals surface area (Å²) in [6, 6.07) is 12.1.